The Morgan fingerprint density at radius 1 is 1.16 bits per heavy atom. The maximum atomic E-state index is 12.2. The van der Waals surface area contributed by atoms with E-state index in [1.165, 1.54) is 25.7 Å². The molecule has 0 aromatic rings. The third-order valence-corrected chi connectivity index (χ3v) is 4.49. The van der Waals surface area contributed by atoms with Crippen LogP contribution in [0.1, 0.15) is 44.9 Å². The maximum absolute atomic E-state index is 12.2. The van der Waals surface area contributed by atoms with Crippen molar-refractivity contribution in [2.24, 2.45) is 11.8 Å². The topological polar surface area (TPSA) is 29.5 Å². The molecule has 0 aromatic heterocycles. The second-order valence-corrected chi connectivity index (χ2v) is 6.00. The smallest absolute Gasteiger partial charge is 0.222 e. The Morgan fingerprint density at radius 2 is 1.84 bits per heavy atom. The molecule has 1 heterocycles. The summed E-state index contributed by atoms with van der Waals surface area (Å²) in [7, 11) is 0. The number of ether oxygens (including phenoxy) is 1. The normalized spacial score (nSPS) is 21.8. The predicted molar refractivity (Wildman–Crippen MR) is 76.9 cm³/mol. The van der Waals surface area contributed by atoms with Crippen LogP contribution in [0.15, 0.2) is 12.7 Å². The van der Waals surface area contributed by atoms with Crippen LogP contribution in [0, 0.1) is 11.8 Å². The minimum atomic E-state index is 0.386. The quantitative estimate of drug-likeness (QED) is 0.546. The van der Waals surface area contributed by atoms with Crippen LogP contribution in [0.2, 0.25) is 0 Å². The van der Waals surface area contributed by atoms with Crippen molar-refractivity contribution in [1.82, 2.24) is 4.90 Å². The molecule has 0 radical (unpaired) electrons. The van der Waals surface area contributed by atoms with Gasteiger partial charge in [-0.3, -0.25) is 4.79 Å². The lowest BCUT2D eigenvalue weighted by Crippen LogP contribution is -2.40. The summed E-state index contributed by atoms with van der Waals surface area (Å²) in [5.41, 5.74) is 0. The van der Waals surface area contributed by atoms with Crippen LogP contribution < -0.4 is 0 Å². The second-order valence-electron chi connectivity index (χ2n) is 6.00. The fourth-order valence-corrected chi connectivity index (χ4v) is 3.26. The summed E-state index contributed by atoms with van der Waals surface area (Å²) < 4.78 is 5.50. The zero-order valence-corrected chi connectivity index (χ0v) is 12.0. The molecule has 0 bridgehead atoms. The van der Waals surface area contributed by atoms with E-state index in [9.17, 15) is 4.79 Å². The first kappa shape index (κ1) is 14.6. The summed E-state index contributed by atoms with van der Waals surface area (Å²) >= 11 is 0. The molecule has 3 nitrogen and oxygen atoms in total. The highest BCUT2D eigenvalue weighted by Gasteiger charge is 2.25. The monoisotopic (exact) mass is 265 g/mol. The number of amides is 1. The molecule has 1 aliphatic carbocycles. The van der Waals surface area contributed by atoms with E-state index < -0.39 is 0 Å². The number of piperidine rings is 1. The van der Waals surface area contributed by atoms with Crippen LogP contribution in [-0.4, -0.2) is 37.1 Å². The number of rotatable bonds is 6. The first-order valence-corrected chi connectivity index (χ1v) is 7.76. The minimum Gasteiger partial charge on any atom is -0.377 e. The molecule has 2 rings (SSSR count). The van der Waals surface area contributed by atoms with Gasteiger partial charge in [-0.15, -0.1) is 6.58 Å². The predicted octanol–water partition coefficient (Wildman–Crippen LogP) is 3.01. The average molecular weight is 265 g/mol. The summed E-state index contributed by atoms with van der Waals surface area (Å²) in [5.74, 6) is 1.67. The van der Waals surface area contributed by atoms with Gasteiger partial charge in [0, 0.05) is 26.1 Å². The first-order valence-electron chi connectivity index (χ1n) is 7.76. The van der Waals surface area contributed by atoms with Gasteiger partial charge in [0.15, 0.2) is 0 Å². The van der Waals surface area contributed by atoms with Crippen molar-refractivity contribution in [2.45, 2.75) is 44.9 Å². The Kier molecular flexibility index (Phi) is 5.90. The zero-order chi connectivity index (χ0) is 13.5. The molecule has 2 aliphatic rings. The molecule has 3 heteroatoms. The van der Waals surface area contributed by atoms with Gasteiger partial charge in [0.05, 0.1) is 6.61 Å². The van der Waals surface area contributed by atoms with Gasteiger partial charge in [-0.2, -0.15) is 0 Å². The van der Waals surface area contributed by atoms with Gasteiger partial charge in [0.1, 0.15) is 0 Å². The van der Waals surface area contributed by atoms with Crippen molar-refractivity contribution in [3.63, 3.8) is 0 Å². The molecule has 1 amide bonds. The summed E-state index contributed by atoms with van der Waals surface area (Å²) in [5, 5.41) is 0. The zero-order valence-electron chi connectivity index (χ0n) is 12.0. The second kappa shape index (κ2) is 7.68. The number of hydrogen-bond acceptors (Lipinski definition) is 2. The Morgan fingerprint density at radius 3 is 2.47 bits per heavy atom. The van der Waals surface area contributed by atoms with E-state index in [2.05, 4.69) is 11.5 Å². The van der Waals surface area contributed by atoms with Crippen LogP contribution in [0.25, 0.3) is 0 Å². The molecule has 0 unspecified atom stereocenters. The van der Waals surface area contributed by atoms with Crippen molar-refractivity contribution in [3.05, 3.63) is 12.7 Å². The summed E-state index contributed by atoms with van der Waals surface area (Å²) in [6.07, 6.45) is 9.93. The number of carbonyl (C=O) groups is 1. The van der Waals surface area contributed by atoms with Gasteiger partial charge in [0.25, 0.3) is 0 Å². The number of carbonyl (C=O) groups excluding carboxylic acids is 1. The van der Waals surface area contributed by atoms with Gasteiger partial charge in [-0.25, -0.2) is 0 Å². The van der Waals surface area contributed by atoms with Crippen molar-refractivity contribution < 1.29 is 9.53 Å². The average Bonchev–Trinajstić information content (AvgIpc) is 2.93. The lowest BCUT2D eigenvalue weighted by molar-refractivity contribution is -0.133. The third kappa shape index (κ3) is 4.64. The molecule has 1 aliphatic heterocycles. The Labute approximate surface area is 117 Å². The van der Waals surface area contributed by atoms with E-state index in [-0.39, 0.29) is 0 Å². The summed E-state index contributed by atoms with van der Waals surface area (Å²) in [6.45, 7) is 6.95. The van der Waals surface area contributed by atoms with Crippen LogP contribution in [0.3, 0.4) is 0 Å². The van der Waals surface area contributed by atoms with Crippen molar-refractivity contribution >= 4 is 5.91 Å². The Hall–Kier alpha value is -0.830. The van der Waals surface area contributed by atoms with E-state index in [1.807, 2.05) is 0 Å². The van der Waals surface area contributed by atoms with Crippen LogP contribution in [-0.2, 0) is 9.53 Å². The minimum absolute atomic E-state index is 0.386. The van der Waals surface area contributed by atoms with Crippen LogP contribution in [0.5, 0.6) is 0 Å². The van der Waals surface area contributed by atoms with Crippen molar-refractivity contribution in [1.29, 1.82) is 0 Å². The summed E-state index contributed by atoms with van der Waals surface area (Å²) in [6, 6.07) is 0. The van der Waals surface area contributed by atoms with Gasteiger partial charge in [0.2, 0.25) is 5.91 Å². The molecular weight excluding hydrogens is 238 g/mol. The highest BCUT2D eigenvalue weighted by atomic mass is 16.5. The molecule has 0 spiro atoms. The van der Waals surface area contributed by atoms with Gasteiger partial charge >= 0.3 is 0 Å². The van der Waals surface area contributed by atoms with Crippen LogP contribution >= 0.6 is 0 Å². The first-order chi connectivity index (χ1) is 9.29. The molecule has 0 aromatic carbocycles. The van der Waals surface area contributed by atoms with E-state index in [4.69, 9.17) is 4.74 Å². The highest BCUT2D eigenvalue weighted by Crippen LogP contribution is 2.28. The number of likely N-dealkylation sites (tertiary alicyclic amines) is 1. The van der Waals surface area contributed by atoms with E-state index in [0.717, 1.165) is 39.0 Å². The molecule has 1 saturated carbocycles. The molecule has 0 N–H and O–H groups in total. The van der Waals surface area contributed by atoms with E-state index in [1.54, 1.807) is 6.08 Å². The fraction of sp³-hybridized carbons (Fsp3) is 0.812. The standard InChI is InChI=1S/C16H27NO2/c1-2-11-19-13-15-7-9-17(10-8-15)16(18)12-14-5-3-4-6-14/h2,14-15H,1,3-13H2. The van der Waals surface area contributed by atoms with Crippen LogP contribution in [0.4, 0.5) is 0 Å². The Bertz CT molecular complexity index is 289. The molecule has 108 valence electrons. The lowest BCUT2D eigenvalue weighted by atomic mass is 9.96. The highest BCUT2D eigenvalue weighted by molar-refractivity contribution is 5.76. The maximum Gasteiger partial charge on any atom is 0.222 e. The van der Waals surface area contributed by atoms with Gasteiger partial charge in [-0.05, 0) is 37.5 Å². The molecular formula is C16H27NO2. The molecule has 1 saturated heterocycles. The largest absolute Gasteiger partial charge is 0.377 e. The van der Waals surface area contributed by atoms with Gasteiger partial charge in [-0.1, -0.05) is 18.9 Å². The fourth-order valence-electron chi connectivity index (χ4n) is 3.26. The number of hydrogen-bond donors (Lipinski definition) is 0. The number of nitrogens with zero attached hydrogens (tertiary/aromatic N) is 1. The Balaban J connectivity index is 1.64. The van der Waals surface area contributed by atoms with E-state index in [0.29, 0.717) is 24.3 Å². The summed E-state index contributed by atoms with van der Waals surface area (Å²) in [4.78, 5) is 14.3. The SMILES string of the molecule is C=CCOCC1CCN(C(=O)CC2CCCC2)CC1. The van der Waals surface area contributed by atoms with Crippen molar-refractivity contribution in [3.8, 4) is 0 Å². The van der Waals surface area contributed by atoms with Crippen molar-refractivity contribution in [2.75, 3.05) is 26.3 Å². The molecule has 2 fully saturated rings. The van der Waals surface area contributed by atoms with E-state index >= 15 is 0 Å². The van der Waals surface area contributed by atoms with Gasteiger partial charge < -0.3 is 9.64 Å². The lowest BCUT2D eigenvalue weighted by Gasteiger charge is -2.32. The molecule has 0 atom stereocenters. The molecule has 19 heavy (non-hydrogen) atoms. The third-order valence-electron chi connectivity index (χ3n) is 4.49.